The van der Waals surface area contributed by atoms with Crippen LogP contribution in [0.1, 0.15) is 18.5 Å². The zero-order valence-corrected chi connectivity index (χ0v) is 8.10. The minimum absolute atomic E-state index is 0.105. The van der Waals surface area contributed by atoms with Crippen LogP contribution in [0.3, 0.4) is 0 Å². The molecule has 0 unspecified atom stereocenters. The Balaban J connectivity index is 2.84. The molecule has 0 aliphatic carbocycles. The summed E-state index contributed by atoms with van der Waals surface area (Å²) >= 11 is 0. The number of rotatable bonds is 4. The molecule has 0 saturated carbocycles. The molecule has 1 rings (SSSR count). The molecule has 2 nitrogen and oxygen atoms in total. The highest BCUT2D eigenvalue weighted by Gasteiger charge is 2.13. The van der Waals surface area contributed by atoms with E-state index in [-0.39, 0.29) is 6.04 Å². The average molecular weight is 177 g/mol. The highest BCUT2D eigenvalue weighted by atomic mass is 16.1. The molecular weight excluding hydrogens is 162 g/mol. The lowest BCUT2D eigenvalue weighted by molar-refractivity contribution is -0.112. The van der Waals surface area contributed by atoms with Crippen molar-refractivity contribution in [1.82, 2.24) is 4.90 Å². The molecule has 1 aromatic rings. The smallest absolute Gasteiger partial charge is 0.141 e. The van der Waals surface area contributed by atoms with Crippen LogP contribution >= 0.6 is 0 Å². The number of hydrogen-bond acceptors (Lipinski definition) is 2. The van der Waals surface area contributed by atoms with Crippen molar-refractivity contribution in [3.63, 3.8) is 0 Å². The second-order valence-electron chi connectivity index (χ2n) is 3.06. The van der Waals surface area contributed by atoms with Gasteiger partial charge in [0.25, 0.3) is 0 Å². The van der Waals surface area contributed by atoms with Crippen LogP contribution in [0.25, 0.3) is 0 Å². The third-order valence-corrected chi connectivity index (χ3v) is 2.24. The molecule has 2 heteroatoms. The summed E-state index contributed by atoms with van der Waals surface area (Å²) < 4.78 is 0. The van der Waals surface area contributed by atoms with E-state index in [1.807, 2.05) is 49.2 Å². The van der Waals surface area contributed by atoms with Crippen LogP contribution in [0.5, 0.6) is 0 Å². The first-order chi connectivity index (χ1) is 6.29. The topological polar surface area (TPSA) is 20.3 Å². The molecule has 0 spiro atoms. The minimum atomic E-state index is -0.105. The van der Waals surface area contributed by atoms with Crippen LogP contribution in [-0.4, -0.2) is 24.8 Å². The second kappa shape index (κ2) is 4.77. The van der Waals surface area contributed by atoms with E-state index in [2.05, 4.69) is 0 Å². The van der Waals surface area contributed by atoms with E-state index < -0.39 is 0 Å². The Morgan fingerprint density at radius 2 is 2.00 bits per heavy atom. The van der Waals surface area contributed by atoms with Gasteiger partial charge in [-0.3, -0.25) is 4.90 Å². The molecule has 0 fully saturated rings. The van der Waals surface area contributed by atoms with Gasteiger partial charge in [0.2, 0.25) is 0 Å². The predicted molar refractivity (Wildman–Crippen MR) is 53.6 cm³/mol. The summed E-state index contributed by atoms with van der Waals surface area (Å²) in [5, 5.41) is 0. The van der Waals surface area contributed by atoms with Crippen molar-refractivity contribution in [1.29, 1.82) is 0 Å². The molecule has 0 aliphatic rings. The summed E-state index contributed by atoms with van der Waals surface area (Å²) in [6, 6.07) is 9.71. The molecule has 0 heterocycles. The van der Waals surface area contributed by atoms with E-state index in [1.54, 1.807) is 0 Å². The van der Waals surface area contributed by atoms with E-state index in [1.165, 1.54) is 0 Å². The van der Waals surface area contributed by atoms with Crippen molar-refractivity contribution in [3.8, 4) is 0 Å². The second-order valence-corrected chi connectivity index (χ2v) is 3.06. The number of carbonyl (C=O) groups is 1. The number of likely N-dealkylation sites (N-methyl/N-ethyl adjacent to an activating group) is 1. The lowest BCUT2D eigenvalue weighted by Crippen LogP contribution is -2.25. The Bertz CT molecular complexity index is 258. The summed E-state index contributed by atoms with van der Waals surface area (Å²) in [6.45, 7) is 2.91. The molecule has 0 bridgehead atoms. The monoisotopic (exact) mass is 177 g/mol. The van der Waals surface area contributed by atoms with Gasteiger partial charge in [-0.1, -0.05) is 37.3 Å². The quantitative estimate of drug-likeness (QED) is 0.654. The van der Waals surface area contributed by atoms with E-state index in [9.17, 15) is 4.79 Å². The van der Waals surface area contributed by atoms with Gasteiger partial charge in [0, 0.05) is 0 Å². The van der Waals surface area contributed by atoms with Crippen molar-refractivity contribution in [2.75, 3.05) is 13.6 Å². The maximum atomic E-state index is 10.9. The van der Waals surface area contributed by atoms with Gasteiger partial charge in [-0.2, -0.15) is 0 Å². The lowest BCUT2D eigenvalue weighted by Gasteiger charge is -2.21. The zero-order valence-electron chi connectivity index (χ0n) is 8.10. The first kappa shape index (κ1) is 9.93. The molecule has 0 amide bonds. The van der Waals surface area contributed by atoms with E-state index in [4.69, 9.17) is 0 Å². The first-order valence-electron chi connectivity index (χ1n) is 4.50. The number of aldehydes is 1. The Labute approximate surface area is 79.2 Å². The Kier molecular flexibility index (Phi) is 3.65. The van der Waals surface area contributed by atoms with Crippen molar-refractivity contribution in [2.45, 2.75) is 13.0 Å². The van der Waals surface area contributed by atoms with Gasteiger partial charge in [-0.05, 0) is 19.2 Å². The predicted octanol–water partition coefficient (Wildman–Crippen LogP) is 1.88. The van der Waals surface area contributed by atoms with Crippen LogP contribution in [-0.2, 0) is 4.79 Å². The van der Waals surface area contributed by atoms with Gasteiger partial charge < -0.3 is 4.79 Å². The fourth-order valence-electron chi connectivity index (χ4n) is 1.28. The zero-order chi connectivity index (χ0) is 9.68. The molecule has 0 aromatic heterocycles. The number of nitrogens with zero attached hydrogens (tertiary/aromatic N) is 1. The Morgan fingerprint density at radius 3 is 2.46 bits per heavy atom. The molecule has 0 radical (unpaired) electrons. The van der Waals surface area contributed by atoms with Crippen LogP contribution < -0.4 is 0 Å². The third-order valence-electron chi connectivity index (χ3n) is 2.24. The van der Waals surface area contributed by atoms with Crippen LogP contribution in [0.4, 0.5) is 0 Å². The molecule has 1 aromatic carbocycles. The summed E-state index contributed by atoms with van der Waals surface area (Å²) in [5.41, 5.74) is 1.06. The fourth-order valence-corrected chi connectivity index (χ4v) is 1.28. The minimum Gasteiger partial charge on any atom is -0.301 e. The molecule has 0 saturated heterocycles. The van der Waals surface area contributed by atoms with Crippen LogP contribution in [0.15, 0.2) is 30.3 Å². The molecule has 0 aliphatic heterocycles. The largest absolute Gasteiger partial charge is 0.301 e. The van der Waals surface area contributed by atoms with Gasteiger partial charge in [-0.15, -0.1) is 0 Å². The van der Waals surface area contributed by atoms with Crippen molar-refractivity contribution >= 4 is 6.29 Å². The number of hydrogen-bond donors (Lipinski definition) is 0. The van der Waals surface area contributed by atoms with Crippen molar-refractivity contribution in [2.24, 2.45) is 0 Å². The van der Waals surface area contributed by atoms with Crippen LogP contribution in [0, 0.1) is 0 Å². The summed E-state index contributed by atoms with van der Waals surface area (Å²) in [5.74, 6) is 0. The van der Waals surface area contributed by atoms with Gasteiger partial charge >= 0.3 is 0 Å². The third kappa shape index (κ3) is 2.39. The number of carbonyl (C=O) groups excluding carboxylic acids is 1. The van der Waals surface area contributed by atoms with Gasteiger partial charge in [-0.25, -0.2) is 0 Å². The average Bonchev–Trinajstić information content (AvgIpc) is 2.20. The van der Waals surface area contributed by atoms with Crippen LogP contribution in [0.2, 0.25) is 0 Å². The number of benzene rings is 1. The molecular formula is C11H15NO. The maximum Gasteiger partial charge on any atom is 0.141 e. The SMILES string of the molecule is CCN(C)[C@@H](C=O)c1ccccc1. The van der Waals surface area contributed by atoms with E-state index in [0.717, 1.165) is 18.4 Å². The first-order valence-corrected chi connectivity index (χ1v) is 4.50. The van der Waals surface area contributed by atoms with E-state index in [0.29, 0.717) is 0 Å². The summed E-state index contributed by atoms with van der Waals surface area (Å²) in [4.78, 5) is 12.9. The lowest BCUT2D eigenvalue weighted by atomic mass is 10.1. The van der Waals surface area contributed by atoms with Crippen molar-refractivity contribution in [3.05, 3.63) is 35.9 Å². The highest BCUT2D eigenvalue weighted by molar-refractivity contribution is 5.61. The fraction of sp³-hybridized carbons (Fsp3) is 0.364. The molecule has 70 valence electrons. The molecule has 13 heavy (non-hydrogen) atoms. The standard InChI is InChI=1S/C11H15NO/c1-3-12(2)11(9-13)10-7-5-4-6-8-10/h4-9,11H,3H2,1-2H3/t11-/m0/s1. The normalized spacial score (nSPS) is 12.8. The Morgan fingerprint density at radius 1 is 1.38 bits per heavy atom. The Hall–Kier alpha value is -1.15. The summed E-state index contributed by atoms with van der Waals surface area (Å²) in [6.07, 6.45) is 0.985. The van der Waals surface area contributed by atoms with Crippen molar-refractivity contribution < 1.29 is 4.79 Å². The molecule has 0 N–H and O–H groups in total. The maximum absolute atomic E-state index is 10.9. The van der Waals surface area contributed by atoms with E-state index >= 15 is 0 Å². The van der Waals surface area contributed by atoms with Gasteiger partial charge in [0.05, 0.1) is 6.04 Å². The highest BCUT2D eigenvalue weighted by Crippen LogP contribution is 2.15. The molecule has 1 atom stereocenters. The van der Waals surface area contributed by atoms with Gasteiger partial charge in [0.15, 0.2) is 0 Å². The van der Waals surface area contributed by atoms with Gasteiger partial charge in [0.1, 0.15) is 6.29 Å². The summed E-state index contributed by atoms with van der Waals surface area (Å²) in [7, 11) is 1.95.